The Morgan fingerprint density at radius 2 is 1.72 bits per heavy atom. The summed E-state index contributed by atoms with van der Waals surface area (Å²) < 4.78 is 33.1. The molecule has 2 aromatic carbocycles. The molecule has 1 saturated heterocycles. The summed E-state index contributed by atoms with van der Waals surface area (Å²) in [6, 6.07) is 11.2. The summed E-state index contributed by atoms with van der Waals surface area (Å²) in [5.41, 5.74) is 3.47. The van der Waals surface area contributed by atoms with Crippen LogP contribution in [0.5, 0.6) is 5.75 Å². The Balaban J connectivity index is 1.70. The second-order valence-corrected chi connectivity index (χ2v) is 11.5. The van der Waals surface area contributed by atoms with E-state index in [1.807, 2.05) is 44.2 Å². The summed E-state index contributed by atoms with van der Waals surface area (Å²) in [5, 5.41) is 3.01. The van der Waals surface area contributed by atoms with Crippen molar-refractivity contribution in [3.8, 4) is 5.75 Å². The number of hydrogen-bond donors (Lipinski definition) is 1. The molecule has 32 heavy (non-hydrogen) atoms. The number of piperidine rings is 1. The van der Waals surface area contributed by atoms with E-state index < -0.39 is 10.0 Å². The van der Waals surface area contributed by atoms with Crippen LogP contribution in [0, 0.1) is 19.8 Å². The van der Waals surface area contributed by atoms with Gasteiger partial charge in [0.2, 0.25) is 15.9 Å². The zero-order valence-corrected chi connectivity index (χ0v) is 20.7. The minimum absolute atomic E-state index is 0.0560. The molecule has 0 bridgehead atoms. The summed E-state index contributed by atoms with van der Waals surface area (Å²) in [5.74, 6) is 0.266. The van der Waals surface area contributed by atoms with Crippen molar-refractivity contribution < 1.29 is 17.9 Å². The summed E-state index contributed by atoms with van der Waals surface area (Å²) >= 11 is 0. The molecule has 1 aliphatic rings. The fourth-order valence-corrected chi connectivity index (χ4v) is 5.77. The second kappa shape index (κ2) is 9.24. The molecule has 0 saturated carbocycles. The minimum atomic E-state index is -3.57. The number of carbonyl (C=O) groups excluding carboxylic acids is 1. The number of nitrogens with zero attached hydrogens (tertiary/aromatic N) is 1. The van der Waals surface area contributed by atoms with E-state index in [-0.39, 0.29) is 17.2 Å². The van der Waals surface area contributed by atoms with E-state index >= 15 is 0 Å². The normalized spacial score (nSPS) is 16.1. The molecule has 0 spiro atoms. The average Bonchev–Trinajstić information content (AvgIpc) is 2.72. The third kappa shape index (κ3) is 5.15. The Labute approximate surface area is 192 Å². The topological polar surface area (TPSA) is 75.7 Å². The first kappa shape index (κ1) is 24.3. The molecule has 2 aromatic rings. The van der Waals surface area contributed by atoms with Crippen molar-refractivity contribution >= 4 is 21.6 Å². The van der Waals surface area contributed by atoms with E-state index in [0.29, 0.717) is 42.3 Å². The van der Waals surface area contributed by atoms with Gasteiger partial charge in [-0.2, -0.15) is 4.31 Å². The van der Waals surface area contributed by atoms with Gasteiger partial charge in [0.15, 0.2) is 0 Å². The minimum Gasteiger partial charge on any atom is -0.495 e. The van der Waals surface area contributed by atoms with Gasteiger partial charge in [0.1, 0.15) is 5.75 Å². The molecule has 1 aliphatic heterocycles. The number of carbonyl (C=O) groups is 1. The van der Waals surface area contributed by atoms with Crippen LogP contribution < -0.4 is 10.1 Å². The molecule has 3 rings (SSSR count). The number of aryl methyl sites for hydroxylation is 2. The van der Waals surface area contributed by atoms with Crippen molar-refractivity contribution in [3.63, 3.8) is 0 Å². The Hall–Kier alpha value is -2.38. The number of methoxy groups -OCH3 is 1. The molecule has 7 heteroatoms. The predicted molar refractivity (Wildman–Crippen MR) is 128 cm³/mol. The first-order valence-electron chi connectivity index (χ1n) is 11.0. The van der Waals surface area contributed by atoms with Crippen molar-refractivity contribution in [1.82, 2.24) is 4.31 Å². The molecular formula is C25H34N2O4S. The molecule has 1 fully saturated rings. The van der Waals surface area contributed by atoms with Gasteiger partial charge in [-0.3, -0.25) is 4.79 Å². The molecule has 174 valence electrons. The maximum Gasteiger partial charge on any atom is 0.243 e. The molecule has 1 N–H and O–H groups in total. The quantitative estimate of drug-likeness (QED) is 0.708. The van der Waals surface area contributed by atoms with Gasteiger partial charge in [0, 0.05) is 19.0 Å². The molecule has 1 heterocycles. The van der Waals surface area contributed by atoms with Crippen LogP contribution in [0.2, 0.25) is 0 Å². The summed E-state index contributed by atoms with van der Waals surface area (Å²) in [6.07, 6.45) is 0.967. The average molecular weight is 459 g/mol. The van der Waals surface area contributed by atoms with Gasteiger partial charge < -0.3 is 10.1 Å². The number of sulfonamides is 1. The summed E-state index contributed by atoms with van der Waals surface area (Å²) in [4.78, 5) is 13.3. The fourth-order valence-electron chi connectivity index (χ4n) is 4.09. The molecule has 0 aromatic heterocycles. The zero-order chi connectivity index (χ0) is 23.7. The van der Waals surface area contributed by atoms with Gasteiger partial charge in [-0.15, -0.1) is 0 Å². The van der Waals surface area contributed by atoms with Crippen molar-refractivity contribution in [2.45, 2.75) is 57.8 Å². The van der Waals surface area contributed by atoms with Gasteiger partial charge in [-0.05, 0) is 61.4 Å². The Kier molecular flexibility index (Phi) is 7.00. The smallest absolute Gasteiger partial charge is 0.243 e. The van der Waals surface area contributed by atoms with E-state index in [0.717, 1.165) is 16.7 Å². The first-order chi connectivity index (χ1) is 14.9. The predicted octanol–water partition coefficient (Wildman–Crippen LogP) is 4.65. The van der Waals surface area contributed by atoms with E-state index in [1.54, 1.807) is 13.2 Å². The maximum absolute atomic E-state index is 13.1. The SMILES string of the molecule is COc1ccc(C(C)(C)C)cc1NC(=O)C1CCN(S(=O)(=O)c2ccc(C)cc2C)CC1. The maximum atomic E-state index is 13.1. The van der Waals surface area contributed by atoms with Crippen LogP contribution in [0.4, 0.5) is 5.69 Å². The van der Waals surface area contributed by atoms with E-state index in [2.05, 4.69) is 26.1 Å². The second-order valence-electron chi connectivity index (χ2n) is 9.60. The number of anilines is 1. The molecule has 0 unspecified atom stereocenters. The van der Waals surface area contributed by atoms with Gasteiger partial charge >= 0.3 is 0 Å². The van der Waals surface area contributed by atoms with Crippen LogP contribution in [0.25, 0.3) is 0 Å². The number of ether oxygens (including phenoxy) is 1. The molecule has 1 amide bonds. The van der Waals surface area contributed by atoms with Gasteiger partial charge in [0.25, 0.3) is 0 Å². The van der Waals surface area contributed by atoms with E-state index in [1.165, 1.54) is 4.31 Å². The van der Waals surface area contributed by atoms with Gasteiger partial charge in [-0.1, -0.05) is 44.5 Å². The van der Waals surface area contributed by atoms with E-state index in [9.17, 15) is 13.2 Å². The van der Waals surface area contributed by atoms with Crippen molar-refractivity contribution in [2.75, 3.05) is 25.5 Å². The highest BCUT2D eigenvalue weighted by Gasteiger charge is 2.33. The lowest BCUT2D eigenvalue weighted by atomic mass is 9.86. The standard InChI is InChI=1S/C25H34N2O4S/c1-17-7-10-23(18(2)15-17)32(29,30)27-13-11-19(12-14-27)24(28)26-21-16-20(25(3,4)5)8-9-22(21)31-6/h7-10,15-16,19H,11-14H2,1-6H3,(H,26,28). The van der Waals surface area contributed by atoms with Crippen molar-refractivity contribution in [2.24, 2.45) is 5.92 Å². The Morgan fingerprint density at radius 3 is 2.28 bits per heavy atom. The highest BCUT2D eigenvalue weighted by molar-refractivity contribution is 7.89. The van der Waals surface area contributed by atoms with Crippen LogP contribution in [0.3, 0.4) is 0 Å². The van der Waals surface area contributed by atoms with Crippen LogP contribution in [0.15, 0.2) is 41.3 Å². The van der Waals surface area contributed by atoms with Gasteiger partial charge in [0.05, 0.1) is 17.7 Å². The molecular weight excluding hydrogens is 424 g/mol. The van der Waals surface area contributed by atoms with Crippen LogP contribution in [-0.4, -0.2) is 38.8 Å². The van der Waals surface area contributed by atoms with Crippen molar-refractivity contribution in [3.05, 3.63) is 53.1 Å². The molecule has 0 atom stereocenters. The molecule has 0 radical (unpaired) electrons. The highest BCUT2D eigenvalue weighted by Crippen LogP contribution is 2.33. The van der Waals surface area contributed by atoms with E-state index in [4.69, 9.17) is 4.74 Å². The lowest BCUT2D eigenvalue weighted by molar-refractivity contribution is -0.120. The van der Waals surface area contributed by atoms with Crippen LogP contribution >= 0.6 is 0 Å². The third-order valence-electron chi connectivity index (χ3n) is 6.10. The monoisotopic (exact) mass is 458 g/mol. The number of rotatable bonds is 5. The zero-order valence-electron chi connectivity index (χ0n) is 19.9. The highest BCUT2D eigenvalue weighted by atomic mass is 32.2. The van der Waals surface area contributed by atoms with Crippen molar-refractivity contribution in [1.29, 1.82) is 0 Å². The largest absolute Gasteiger partial charge is 0.495 e. The van der Waals surface area contributed by atoms with Crippen LogP contribution in [0.1, 0.15) is 50.3 Å². The fraction of sp³-hybridized carbons (Fsp3) is 0.480. The Morgan fingerprint density at radius 1 is 1.06 bits per heavy atom. The number of benzene rings is 2. The van der Waals surface area contributed by atoms with Crippen LogP contribution in [-0.2, 0) is 20.2 Å². The summed E-state index contributed by atoms with van der Waals surface area (Å²) in [7, 11) is -1.99. The molecule has 6 nitrogen and oxygen atoms in total. The number of hydrogen-bond acceptors (Lipinski definition) is 4. The number of nitrogens with one attached hydrogen (secondary N) is 1. The summed E-state index contributed by atoms with van der Waals surface area (Å²) in [6.45, 7) is 10.8. The lowest BCUT2D eigenvalue weighted by Gasteiger charge is -2.31. The Bertz CT molecular complexity index is 1100. The first-order valence-corrected chi connectivity index (χ1v) is 12.4. The van der Waals surface area contributed by atoms with Gasteiger partial charge in [-0.25, -0.2) is 8.42 Å². The number of amides is 1. The lowest BCUT2D eigenvalue weighted by Crippen LogP contribution is -2.41. The third-order valence-corrected chi connectivity index (χ3v) is 8.16. The molecule has 0 aliphatic carbocycles.